The molecule has 0 bridgehead atoms. The second-order valence-electron chi connectivity index (χ2n) is 7.10. The lowest BCUT2D eigenvalue weighted by Crippen LogP contribution is -2.38. The number of amides is 1. The van der Waals surface area contributed by atoms with E-state index >= 15 is 0 Å². The molecule has 6 nitrogen and oxygen atoms in total. The minimum absolute atomic E-state index is 0.0654. The lowest BCUT2D eigenvalue weighted by Gasteiger charge is -2.26. The molecule has 0 aromatic heterocycles. The van der Waals surface area contributed by atoms with Crippen LogP contribution in [0, 0.1) is 13.8 Å². The Kier molecular flexibility index (Phi) is 7.33. The molecular weight excluding hydrogens is 471 g/mol. The zero-order valence-corrected chi connectivity index (χ0v) is 20.1. The second-order valence-corrected chi connectivity index (χ2v) is 9.81. The van der Waals surface area contributed by atoms with E-state index in [4.69, 9.17) is 27.9 Å². The fraction of sp³-hybridized carbons (Fsp3) is 0.174. The van der Waals surface area contributed by atoms with Gasteiger partial charge >= 0.3 is 0 Å². The van der Waals surface area contributed by atoms with E-state index in [1.807, 2.05) is 6.92 Å². The Hall–Kier alpha value is -2.74. The third-order valence-electron chi connectivity index (χ3n) is 4.84. The highest BCUT2D eigenvalue weighted by Gasteiger charge is 2.29. The fourth-order valence-corrected chi connectivity index (χ4v) is 4.92. The largest absolute Gasteiger partial charge is 0.495 e. The van der Waals surface area contributed by atoms with Crippen LogP contribution in [0.4, 0.5) is 11.4 Å². The molecule has 0 aliphatic carbocycles. The van der Waals surface area contributed by atoms with Gasteiger partial charge in [-0.1, -0.05) is 47.0 Å². The summed E-state index contributed by atoms with van der Waals surface area (Å²) in [6.07, 6.45) is 0. The maximum absolute atomic E-state index is 13.5. The molecule has 0 heterocycles. The molecule has 0 radical (unpaired) electrons. The molecule has 0 spiro atoms. The molecular formula is C23H22Cl2N2O4S. The number of ether oxygens (including phenoxy) is 1. The molecule has 0 fully saturated rings. The lowest BCUT2D eigenvalue weighted by molar-refractivity contribution is -0.114. The van der Waals surface area contributed by atoms with E-state index in [1.165, 1.54) is 25.3 Å². The van der Waals surface area contributed by atoms with Crippen molar-refractivity contribution in [2.45, 2.75) is 18.7 Å². The molecule has 168 valence electrons. The van der Waals surface area contributed by atoms with Crippen LogP contribution in [0.1, 0.15) is 11.1 Å². The lowest BCUT2D eigenvalue weighted by atomic mass is 10.2. The number of methoxy groups -OCH3 is 1. The summed E-state index contributed by atoms with van der Waals surface area (Å²) in [4.78, 5) is 13.0. The number of hydrogen-bond acceptors (Lipinski definition) is 4. The quantitative estimate of drug-likeness (QED) is 0.475. The van der Waals surface area contributed by atoms with E-state index in [9.17, 15) is 13.2 Å². The molecule has 0 saturated heterocycles. The summed E-state index contributed by atoms with van der Waals surface area (Å²) in [6, 6.07) is 16.1. The van der Waals surface area contributed by atoms with Gasteiger partial charge in [0.05, 0.1) is 23.4 Å². The number of nitrogens with one attached hydrogen (secondary N) is 1. The highest BCUT2D eigenvalue weighted by atomic mass is 35.5. The number of sulfonamides is 1. The van der Waals surface area contributed by atoms with Gasteiger partial charge in [-0.05, 0) is 61.9 Å². The summed E-state index contributed by atoms with van der Waals surface area (Å²) in [7, 11) is -2.60. The Morgan fingerprint density at radius 1 is 1.03 bits per heavy atom. The zero-order chi connectivity index (χ0) is 23.5. The van der Waals surface area contributed by atoms with Gasteiger partial charge < -0.3 is 10.1 Å². The van der Waals surface area contributed by atoms with Crippen LogP contribution in [0.25, 0.3) is 0 Å². The van der Waals surface area contributed by atoms with Gasteiger partial charge in [-0.3, -0.25) is 9.10 Å². The first-order valence-corrected chi connectivity index (χ1v) is 11.8. The van der Waals surface area contributed by atoms with Crippen molar-refractivity contribution in [2.24, 2.45) is 0 Å². The molecule has 0 atom stereocenters. The summed E-state index contributed by atoms with van der Waals surface area (Å²) in [5, 5.41) is 3.47. The smallest absolute Gasteiger partial charge is 0.264 e. The summed E-state index contributed by atoms with van der Waals surface area (Å²) in [5.41, 5.74) is 2.10. The Morgan fingerprint density at radius 2 is 1.72 bits per heavy atom. The van der Waals surface area contributed by atoms with Gasteiger partial charge in [0.15, 0.2) is 0 Å². The topological polar surface area (TPSA) is 75.7 Å². The van der Waals surface area contributed by atoms with Gasteiger partial charge in [-0.15, -0.1) is 0 Å². The van der Waals surface area contributed by atoms with Gasteiger partial charge in [-0.25, -0.2) is 8.42 Å². The number of rotatable bonds is 7. The van der Waals surface area contributed by atoms with Gasteiger partial charge in [0.25, 0.3) is 10.0 Å². The first-order chi connectivity index (χ1) is 15.1. The van der Waals surface area contributed by atoms with Crippen LogP contribution in [-0.2, 0) is 14.8 Å². The maximum Gasteiger partial charge on any atom is 0.264 e. The first kappa shape index (κ1) is 23.9. The molecule has 0 aliphatic heterocycles. The van der Waals surface area contributed by atoms with Gasteiger partial charge in [0.1, 0.15) is 12.3 Å². The molecule has 1 N–H and O–H groups in total. The zero-order valence-electron chi connectivity index (χ0n) is 17.7. The normalized spacial score (nSPS) is 11.2. The predicted molar refractivity (Wildman–Crippen MR) is 129 cm³/mol. The summed E-state index contributed by atoms with van der Waals surface area (Å²) in [6.45, 7) is 3.08. The second kappa shape index (κ2) is 9.81. The third kappa shape index (κ3) is 5.18. The Bertz CT molecular complexity index is 1250. The van der Waals surface area contributed by atoms with Crippen LogP contribution in [0.15, 0.2) is 65.6 Å². The SMILES string of the molecule is COc1ccc(Cl)cc1NC(=O)CN(c1cccc(Cl)c1C)S(=O)(=O)c1ccc(C)cc1. The maximum atomic E-state index is 13.5. The van der Waals surface area contributed by atoms with E-state index < -0.39 is 22.5 Å². The minimum Gasteiger partial charge on any atom is -0.495 e. The molecule has 0 aliphatic rings. The van der Waals surface area contributed by atoms with Crippen molar-refractivity contribution in [2.75, 3.05) is 23.3 Å². The Morgan fingerprint density at radius 3 is 2.38 bits per heavy atom. The van der Waals surface area contributed by atoms with Crippen LogP contribution < -0.4 is 14.4 Å². The molecule has 1 amide bonds. The van der Waals surface area contributed by atoms with Crippen LogP contribution in [0.5, 0.6) is 5.75 Å². The molecule has 0 saturated carbocycles. The molecule has 32 heavy (non-hydrogen) atoms. The first-order valence-electron chi connectivity index (χ1n) is 9.61. The summed E-state index contributed by atoms with van der Waals surface area (Å²) in [5.74, 6) is -0.171. The summed E-state index contributed by atoms with van der Waals surface area (Å²) >= 11 is 12.3. The standard InChI is InChI=1S/C23H22Cl2N2O4S/c1-15-7-10-18(11-8-15)32(29,30)27(21-6-4-5-19(25)16(21)2)14-23(28)26-20-13-17(24)9-12-22(20)31-3/h4-13H,14H2,1-3H3,(H,26,28). The van der Waals surface area contributed by atoms with Crippen molar-refractivity contribution >= 4 is 50.5 Å². The van der Waals surface area contributed by atoms with Crippen molar-refractivity contribution in [1.29, 1.82) is 0 Å². The van der Waals surface area contributed by atoms with Crippen molar-refractivity contribution in [1.82, 2.24) is 0 Å². The molecule has 3 aromatic rings. The number of anilines is 2. The van der Waals surface area contributed by atoms with Crippen LogP contribution in [-0.4, -0.2) is 28.0 Å². The molecule has 3 rings (SSSR count). The van der Waals surface area contributed by atoms with Gasteiger partial charge in [-0.2, -0.15) is 0 Å². The fourth-order valence-electron chi connectivity index (χ4n) is 3.10. The van der Waals surface area contributed by atoms with Crippen LogP contribution in [0.2, 0.25) is 10.0 Å². The molecule has 0 unspecified atom stereocenters. The number of hydrogen-bond donors (Lipinski definition) is 1. The van der Waals surface area contributed by atoms with Gasteiger partial charge in [0, 0.05) is 10.0 Å². The predicted octanol–water partition coefficient (Wildman–Crippen LogP) is 5.45. The number of nitrogens with zero attached hydrogens (tertiary/aromatic N) is 1. The molecule has 9 heteroatoms. The van der Waals surface area contributed by atoms with Crippen LogP contribution >= 0.6 is 23.2 Å². The van der Waals surface area contributed by atoms with Crippen molar-refractivity contribution in [3.05, 3.63) is 81.8 Å². The minimum atomic E-state index is -4.06. The van der Waals surface area contributed by atoms with E-state index in [2.05, 4.69) is 5.32 Å². The number of carbonyl (C=O) groups is 1. The van der Waals surface area contributed by atoms with E-state index in [0.29, 0.717) is 32.7 Å². The van der Waals surface area contributed by atoms with Gasteiger partial charge in [0.2, 0.25) is 5.91 Å². The van der Waals surface area contributed by atoms with Crippen molar-refractivity contribution in [3.63, 3.8) is 0 Å². The monoisotopic (exact) mass is 492 g/mol. The highest BCUT2D eigenvalue weighted by Crippen LogP contribution is 2.32. The number of aryl methyl sites for hydroxylation is 1. The van der Waals surface area contributed by atoms with E-state index in [-0.39, 0.29) is 4.90 Å². The molecule has 3 aromatic carbocycles. The highest BCUT2D eigenvalue weighted by molar-refractivity contribution is 7.92. The average Bonchev–Trinajstić information content (AvgIpc) is 2.75. The van der Waals surface area contributed by atoms with Crippen LogP contribution in [0.3, 0.4) is 0 Å². The van der Waals surface area contributed by atoms with Crippen molar-refractivity contribution < 1.29 is 17.9 Å². The third-order valence-corrected chi connectivity index (χ3v) is 7.26. The number of benzene rings is 3. The average molecular weight is 493 g/mol. The van der Waals surface area contributed by atoms with E-state index in [1.54, 1.807) is 49.4 Å². The Labute approximate surface area is 197 Å². The number of carbonyl (C=O) groups excluding carboxylic acids is 1. The number of halogens is 2. The summed E-state index contributed by atoms with van der Waals surface area (Å²) < 4.78 is 33.4. The van der Waals surface area contributed by atoms with E-state index in [0.717, 1.165) is 9.87 Å². The Balaban J connectivity index is 2.02. The van der Waals surface area contributed by atoms with Crippen molar-refractivity contribution in [3.8, 4) is 5.75 Å².